The third kappa shape index (κ3) is 3.92. The first-order valence-corrected chi connectivity index (χ1v) is 10.6. The SMILES string of the molecule is COc1cc(N2CCNCC2)ccc1Nc1ncc(Cl)c(-c2cnc3cc(F)ccn23)n1. The number of ether oxygens (including phenoxy) is 1. The molecular formula is C22H21ClFN7O. The molecule has 32 heavy (non-hydrogen) atoms. The number of hydrogen-bond acceptors (Lipinski definition) is 7. The van der Waals surface area contributed by atoms with Gasteiger partial charge in [-0.05, 0) is 18.2 Å². The normalized spacial score (nSPS) is 14.0. The summed E-state index contributed by atoms with van der Waals surface area (Å²) in [6, 6.07) is 8.71. The first-order chi connectivity index (χ1) is 15.6. The lowest BCUT2D eigenvalue weighted by atomic mass is 10.2. The quantitative estimate of drug-likeness (QED) is 0.476. The highest BCUT2D eigenvalue weighted by Crippen LogP contribution is 2.33. The minimum Gasteiger partial charge on any atom is -0.494 e. The molecule has 10 heteroatoms. The molecule has 1 saturated heterocycles. The van der Waals surface area contributed by atoms with Crippen LogP contribution in [0.3, 0.4) is 0 Å². The van der Waals surface area contributed by atoms with Crippen molar-refractivity contribution >= 4 is 34.6 Å². The Balaban J connectivity index is 1.46. The van der Waals surface area contributed by atoms with Crippen LogP contribution in [0.4, 0.5) is 21.7 Å². The van der Waals surface area contributed by atoms with Crippen LogP contribution in [-0.4, -0.2) is 52.6 Å². The molecule has 1 aliphatic rings. The van der Waals surface area contributed by atoms with E-state index in [1.165, 1.54) is 18.3 Å². The van der Waals surface area contributed by atoms with Gasteiger partial charge in [0, 0.05) is 50.2 Å². The van der Waals surface area contributed by atoms with Crippen molar-refractivity contribution in [2.75, 3.05) is 43.5 Å². The van der Waals surface area contributed by atoms with Crippen molar-refractivity contribution in [3.05, 3.63) is 59.8 Å². The van der Waals surface area contributed by atoms with Crippen LogP contribution < -0.4 is 20.3 Å². The molecule has 8 nitrogen and oxygen atoms in total. The second kappa shape index (κ2) is 8.60. The summed E-state index contributed by atoms with van der Waals surface area (Å²) in [7, 11) is 1.63. The topological polar surface area (TPSA) is 79.6 Å². The van der Waals surface area contributed by atoms with Crippen molar-refractivity contribution < 1.29 is 9.13 Å². The van der Waals surface area contributed by atoms with Gasteiger partial charge >= 0.3 is 0 Å². The number of fused-ring (bicyclic) bond motifs is 1. The molecule has 0 unspecified atom stereocenters. The molecule has 0 spiro atoms. The van der Waals surface area contributed by atoms with Crippen molar-refractivity contribution in [2.24, 2.45) is 0 Å². The molecule has 5 rings (SSSR count). The Morgan fingerprint density at radius 3 is 2.78 bits per heavy atom. The van der Waals surface area contributed by atoms with E-state index in [2.05, 4.69) is 30.5 Å². The molecule has 4 heterocycles. The molecule has 0 bridgehead atoms. The van der Waals surface area contributed by atoms with Gasteiger partial charge in [-0.25, -0.2) is 19.3 Å². The van der Waals surface area contributed by atoms with E-state index in [-0.39, 0.29) is 5.82 Å². The van der Waals surface area contributed by atoms with Crippen molar-refractivity contribution in [2.45, 2.75) is 0 Å². The molecule has 1 fully saturated rings. The van der Waals surface area contributed by atoms with E-state index in [9.17, 15) is 4.39 Å². The highest BCUT2D eigenvalue weighted by atomic mass is 35.5. The molecular weight excluding hydrogens is 433 g/mol. The molecule has 0 saturated carbocycles. The Labute approximate surface area is 189 Å². The van der Waals surface area contributed by atoms with E-state index in [4.69, 9.17) is 16.3 Å². The smallest absolute Gasteiger partial charge is 0.227 e. The number of methoxy groups -OCH3 is 1. The highest BCUT2D eigenvalue weighted by molar-refractivity contribution is 6.32. The number of halogens is 2. The zero-order valence-corrected chi connectivity index (χ0v) is 18.1. The summed E-state index contributed by atoms with van der Waals surface area (Å²) in [6.45, 7) is 3.81. The van der Waals surface area contributed by atoms with Crippen molar-refractivity contribution in [3.8, 4) is 17.1 Å². The van der Waals surface area contributed by atoms with Gasteiger partial charge in [0.1, 0.15) is 22.9 Å². The molecule has 0 radical (unpaired) electrons. The summed E-state index contributed by atoms with van der Waals surface area (Å²) >= 11 is 6.38. The number of pyridine rings is 1. The van der Waals surface area contributed by atoms with E-state index < -0.39 is 0 Å². The fourth-order valence-corrected chi connectivity index (χ4v) is 3.95. The van der Waals surface area contributed by atoms with Crippen molar-refractivity contribution in [1.82, 2.24) is 24.7 Å². The largest absolute Gasteiger partial charge is 0.494 e. The minimum atomic E-state index is -0.359. The predicted octanol–water partition coefficient (Wildman–Crippen LogP) is 3.75. The minimum absolute atomic E-state index is 0.356. The average molecular weight is 454 g/mol. The summed E-state index contributed by atoms with van der Waals surface area (Å²) in [6.07, 6.45) is 4.72. The maximum absolute atomic E-state index is 13.5. The Bertz CT molecular complexity index is 1270. The van der Waals surface area contributed by atoms with Crippen molar-refractivity contribution in [3.63, 3.8) is 0 Å². The number of nitrogens with zero attached hydrogens (tertiary/aromatic N) is 5. The number of piperazine rings is 1. The van der Waals surface area contributed by atoms with Gasteiger partial charge in [-0.1, -0.05) is 11.6 Å². The lowest BCUT2D eigenvalue weighted by Gasteiger charge is -2.30. The van der Waals surface area contributed by atoms with Crippen LogP contribution in [0.5, 0.6) is 5.75 Å². The number of anilines is 3. The second-order valence-corrected chi connectivity index (χ2v) is 7.76. The zero-order valence-electron chi connectivity index (χ0n) is 17.3. The van der Waals surface area contributed by atoms with Crippen LogP contribution in [0.25, 0.3) is 17.0 Å². The van der Waals surface area contributed by atoms with E-state index in [1.54, 1.807) is 23.9 Å². The van der Waals surface area contributed by atoms with Crippen LogP contribution in [0.1, 0.15) is 0 Å². The first kappa shape index (κ1) is 20.5. The number of rotatable bonds is 5. The standard InChI is InChI=1S/C22H21ClFN7O/c1-32-19-11-15(30-8-5-25-6-9-30)2-3-17(19)28-22-27-12-16(23)21(29-22)18-13-26-20-10-14(24)4-7-31(18)20/h2-4,7,10-13,25H,5-6,8-9H2,1H3,(H,27,28,29). The third-order valence-corrected chi connectivity index (χ3v) is 5.65. The summed E-state index contributed by atoms with van der Waals surface area (Å²) in [5, 5.41) is 6.93. The third-order valence-electron chi connectivity index (χ3n) is 5.38. The number of benzene rings is 1. The Morgan fingerprint density at radius 1 is 1.12 bits per heavy atom. The second-order valence-electron chi connectivity index (χ2n) is 7.35. The maximum atomic E-state index is 13.5. The van der Waals surface area contributed by atoms with E-state index in [1.807, 2.05) is 18.2 Å². The summed E-state index contributed by atoms with van der Waals surface area (Å²) in [4.78, 5) is 15.5. The number of nitrogens with one attached hydrogen (secondary N) is 2. The van der Waals surface area contributed by atoms with Gasteiger partial charge in [-0.2, -0.15) is 0 Å². The van der Waals surface area contributed by atoms with Gasteiger partial charge in [0.15, 0.2) is 0 Å². The Hall–Kier alpha value is -3.43. The van der Waals surface area contributed by atoms with Crippen LogP contribution in [0.2, 0.25) is 5.02 Å². The molecule has 1 aliphatic heterocycles. The molecule has 164 valence electrons. The molecule has 1 aromatic carbocycles. The van der Waals surface area contributed by atoms with Crippen molar-refractivity contribution in [1.29, 1.82) is 0 Å². The van der Waals surface area contributed by atoms with Gasteiger partial charge in [0.05, 0.1) is 35.9 Å². The van der Waals surface area contributed by atoms with Crippen LogP contribution in [-0.2, 0) is 0 Å². The fraction of sp³-hybridized carbons (Fsp3) is 0.227. The van der Waals surface area contributed by atoms with Crippen LogP contribution in [0.15, 0.2) is 48.9 Å². The molecule has 0 atom stereocenters. The lowest BCUT2D eigenvalue weighted by Crippen LogP contribution is -2.43. The van der Waals surface area contributed by atoms with E-state index in [0.717, 1.165) is 37.6 Å². The van der Waals surface area contributed by atoms with Crippen LogP contribution in [0, 0.1) is 5.82 Å². The lowest BCUT2D eigenvalue weighted by molar-refractivity contribution is 0.416. The molecule has 2 N–H and O–H groups in total. The zero-order chi connectivity index (χ0) is 22.1. The summed E-state index contributed by atoms with van der Waals surface area (Å²) < 4.78 is 20.9. The number of hydrogen-bond donors (Lipinski definition) is 2. The van der Waals surface area contributed by atoms with Gasteiger partial charge in [-0.15, -0.1) is 0 Å². The van der Waals surface area contributed by atoms with Gasteiger partial charge in [0.25, 0.3) is 0 Å². The van der Waals surface area contributed by atoms with Gasteiger partial charge in [0.2, 0.25) is 5.95 Å². The van der Waals surface area contributed by atoms with E-state index >= 15 is 0 Å². The summed E-state index contributed by atoms with van der Waals surface area (Å²) in [5.41, 5.74) is 3.43. The molecule has 4 aromatic rings. The molecule has 0 amide bonds. The van der Waals surface area contributed by atoms with E-state index in [0.29, 0.717) is 33.8 Å². The average Bonchev–Trinajstić information content (AvgIpc) is 3.24. The van der Waals surface area contributed by atoms with Crippen LogP contribution >= 0.6 is 11.6 Å². The fourth-order valence-electron chi connectivity index (χ4n) is 3.76. The monoisotopic (exact) mass is 453 g/mol. The first-order valence-electron chi connectivity index (χ1n) is 10.2. The Kier molecular flexibility index (Phi) is 5.50. The molecule has 3 aromatic heterocycles. The number of imidazole rings is 1. The van der Waals surface area contributed by atoms with Gasteiger partial charge < -0.3 is 20.3 Å². The highest BCUT2D eigenvalue weighted by Gasteiger charge is 2.16. The Morgan fingerprint density at radius 2 is 1.97 bits per heavy atom. The molecule has 0 aliphatic carbocycles. The van der Waals surface area contributed by atoms with Gasteiger partial charge in [-0.3, -0.25) is 4.40 Å². The summed E-state index contributed by atoms with van der Waals surface area (Å²) in [5.74, 6) is 0.684. The number of aromatic nitrogens is 4. The predicted molar refractivity (Wildman–Crippen MR) is 123 cm³/mol. The maximum Gasteiger partial charge on any atom is 0.227 e.